The molecule has 1 N–H and O–H groups in total. The van der Waals surface area contributed by atoms with E-state index in [1.807, 2.05) is 24.3 Å². The molecule has 3 rings (SSSR count). The number of pyridine rings is 1. The van der Waals surface area contributed by atoms with E-state index in [4.69, 9.17) is 4.74 Å². The monoisotopic (exact) mass is 326 g/mol. The molecule has 0 aliphatic carbocycles. The lowest BCUT2D eigenvalue weighted by Gasteiger charge is -2.25. The Morgan fingerprint density at radius 1 is 1.04 bits per heavy atom. The molecule has 1 aromatic heterocycles. The maximum atomic E-state index is 10.3. The molecular weight excluding hydrogens is 300 g/mol. The second-order valence-electron chi connectivity index (χ2n) is 6.45. The van der Waals surface area contributed by atoms with Gasteiger partial charge in [0.25, 0.3) is 0 Å². The van der Waals surface area contributed by atoms with Crippen molar-refractivity contribution in [1.82, 2.24) is 9.88 Å². The Kier molecular flexibility index (Phi) is 5.70. The highest BCUT2D eigenvalue weighted by Crippen LogP contribution is 2.27. The topological polar surface area (TPSA) is 45.6 Å². The summed E-state index contributed by atoms with van der Waals surface area (Å²) in [5, 5.41) is 10.3. The SMILES string of the molecule is COc1cccc(-c2ccc(O)c(CN3CCCCCCC3)c2)n1. The Hall–Kier alpha value is -2.07. The number of aromatic hydroxyl groups is 1. The van der Waals surface area contributed by atoms with Gasteiger partial charge in [-0.3, -0.25) is 4.90 Å². The number of phenolic OH excluding ortho intramolecular Hbond substituents is 1. The minimum Gasteiger partial charge on any atom is -0.508 e. The molecule has 0 atom stereocenters. The number of hydrogen-bond donors (Lipinski definition) is 1. The predicted molar refractivity (Wildman–Crippen MR) is 96.3 cm³/mol. The van der Waals surface area contributed by atoms with Gasteiger partial charge in [0.15, 0.2) is 0 Å². The van der Waals surface area contributed by atoms with E-state index in [1.54, 1.807) is 13.2 Å². The maximum absolute atomic E-state index is 10.3. The summed E-state index contributed by atoms with van der Waals surface area (Å²) < 4.78 is 5.21. The van der Waals surface area contributed by atoms with Gasteiger partial charge >= 0.3 is 0 Å². The lowest BCUT2D eigenvalue weighted by Crippen LogP contribution is -2.26. The molecule has 1 aliphatic rings. The second kappa shape index (κ2) is 8.15. The highest BCUT2D eigenvalue weighted by Gasteiger charge is 2.12. The van der Waals surface area contributed by atoms with Crippen LogP contribution in [0.4, 0.5) is 0 Å². The molecular formula is C20H26N2O2. The number of likely N-dealkylation sites (tertiary alicyclic amines) is 1. The van der Waals surface area contributed by atoms with Gasteiger partial charge in [0.2, 0.25) is 5.88 Å². The third-order valence-electron chi connectivity index (χ3n) is 4.65. The van der Waals surface area contributed by atoms with Gasteiger partial charge in [0.05, 0.1) is 12.8 Å². The highest BCUT2D eigenvalue weighted by molar-refractivity contribution is 5.62. The van der Waals surface area contributed by atoms with E-state index in [0.717, 1.165) is 36.5 Å². The zero-order valence-corrected chi connectivity index (χ0v) is 14.4. The van der Waals surface area contributed by atoms with Crippen LogP contribution in [0, 0.1) is 0 Å². The molecule has 1 fully saturated rings. The number of methoxy groups -OCH3 is 1. The molecule has 2 heterocycles. The molecule has 2 aromatic rings. The maximum Gasteiger partial charge on any atom is 0.213 e. The third-order valence-corrected chi connectivity index (χ3v) is 4.65. The summed E-state index contributed by atoms with van der Waals surface area (Å²) in [6.45, 7) is 3.02. The van der Waals surface area contributed by atoms with Gasteiger partial charge in [-0.25, -0.2) is 4.98 Å². The molecule has 0 radical (unpaired) electrons. The Labute approximate surface area is 144 Å². The molecule has 1 aliphatic heterocycles. The van der Waals surface area contributed by atoms with Crippen molar-refractivity contribution in [2.75, 3.05) is 20.2 Å². The fourth-order valence-corrected chi connectivity index (χ4v) is 3.27. The molecule has 0 bridgehead atoms. The van der Waals surface area contributed by atoms with E-state index in [9.17, 15) is 5.11 Å². The molecule has 0 amide bonds. The Morgan fingerprint density at radius 2 is 1.79 bits per heavy atom. The van der Waals surface area contributed by atoms with Crippen LogP contribution in [-0.4, -0.2) is 35.2 Å². The van der Waals surface area contributed by atoms with Gasteiger partial charge < -0.3 is 9.84 Å². The first-order valence-electron chi connectivity index (χ1n) is 8.82. The van der Waals surface area contributed by atoms with Crippen LogP contribution in [0.15, 0.2) is 36.4 Å². The van der Waals surface area contributed by atoms with Gasteiger partial charge in [0.1, 0.15) is 5.75 Å². The molecule has 0 unspecified atom stereocenters. The number of phenols is 1. The zero-order valence-electron chi connectivity index (χ0n) is 14.4. The van der Waals surface area contributed by atoms with E-state index in [-0.39, 0.29) is 0 Å². The van der Waals surface area contributed by atoms with Crippen molar-refractivity contribution >= 4 is 0 Å². The van der Waals surface area contributed by atoms with Gasteiger partial charge in [0, 0.05) is 23.7 Å². The number of ether oxygens (including phenoxy) is 1. The average Bonchev–Trinajstić information content (AvgIpc) is 2.59. The molecule has 24 heavy (non-hydrogen) atoms. The van der Waals surface area contributed by atoms with Gasteiger partial charge in [-0.2, -0.15) is 0 Å². The Morgan fingerprint density at radius 3 is 2.54 bits per heavy atom. The standard InChI is InChI=1S/C20H26N2O2/c1-24-20-9-7-8-18(21-20)16-10-11-19(23)17(14-16)15-22-12-5-3-2-4-6-13-22/h7-11,14,23H,2-6,12-13,15H2,1H3. The van der Waals surface area contributed by atoms with Crippen LogP contribution in [0.25, 0.3) is 11.3 Å². The molecule has 4 heteroatoms. The number of benzene rings is 1. The molecule has 0 saturated carbocycles. The normalized spacial score (nSPS) is 16.4. The van der Waals surface area contributed by atoms with Gasteiger partial charge in [-0.15, -0.1) is 0 Å². The largest absolute Gasteiger partial charge is 0.508 e. The van der Waals surface area contributed by atoms with Crippen molar-refractivity contribution in [3.05, 3.63) is 42.0 Å². The zero-order chi connectivity index (χ0) is 16.8. The average molecular weight is 326 g/mol. The van der Waals surface area contributed by atoms with Crippen LogP contribution >= 0.6 is 0 Å². The quantitative estimate of drug-likeness (QED) is 0.913. The Bertz CT molecular complexity index is 664. The minimum absolute atomic E-state index is 0.365. The first-order valence-corrected chi connectivity index (χ1v) is 8.82. The smallest absolute Gasteiger partial charge is 0.213 e. The number of aromatic nitrogens is 1. The van der Waals surface area contributed by atoms with Crippen molar-refractivity contribution < 1.29 is 9.84 Å². The van der Waals surface area contributed by atoms with Crippen molar-refractivity contribution in [2.24, 2.45) is 0 Å². The van der Waals surface area contributed by atoms with E-state index < -0.39 is 0 Å². The van der Waals surface area contributed by atoms with Crippen LogP contribution in [0.1, 0.15) is 37.7 Å². The number of nitrogens with zero attached hydrogens (tertiary/aromatic N) is 2. The fourth-order valence-electron chi connectivity index (χ4n) is 3.27. The summed E-state index contributed by atoms with van der Waals surface area (Å²) in [6.07, 6.45) is 6.48. The fraction of sp³-hybridized carbons (Fsp3) is 0.450. The first-order chi connectivity index (χ1) is 11.8. The van der Waals surface area contributed by atoms with Crippen LogP contribution in [-0.2, 0) is 6.54 Å². The van der Waals surface area contributed by atoms with Crippen molar-refractivity contribution in [3.8, 4) is 22.9 Å². The summed E-state index contributed by atoms with van der Waals surface area (Å²) in [5.74, 6) is 0.967. The van der Waals surface area contributed by atoms with Crippen LogP contribution in [0.3, 0.4) is 0 Å². The van der Waals surface area contributed by atoms with E-state index >= 15 is 0 Å². The molecule has 4 nitrogen and oxygen atoms in total. The van der Waals surface area contributed by atoms with Crippen LogP contribution in [0.5, 0.6) is 11.6 Å². The summed E-state index contributed by atoms with van der Waals surface area (Å²) >= 11 is 0. The van der Waals surface area contributed by atoms with Crippen molar-refractivity contribution in [1.29, 1.82) is 0 Å². The Balaban J connectivity index is 1.80. The third kappa shape index (κ3) is 4.26. The summed E-state index contributed by atoms with van der Waals surface area (Å²) in [7, 11) is 1.62. The number of rotatable bonds is 4. The van der Waals surface area contributed by atoms with E-state index in [2.05, 4.69) is 16.0 Å². The van der Waals surface area contributed by atoms with E-state index in [1.165, 1.54) is 32.1 Å². The van der Waals surface area contributed by atoms with Crippen LogP contribution in [0.2, 0.25) is 0 Å². The van der Waals surface area contributed by atoms with E-state index in [0.29, 0.717) is 11.6 Å². The number of hydrogen-bond acceptors (Lipinski definition) is 4. The summed E-state index contributed by atoms with van der Waals surface area (Å²) in [4.78, 5) is 6.94. The van der Waals surface area contributed by atoms with Crippen molar-refractivity contribution in [2.45, 2.75) is 38.6 Å². The molecule has 128 valence electrons. The molecule has 0 spiro atoms. The highest BCUT2D eigenvalue weighted by atomic mass is 16.5. The van der Waals surface area contributed by atoms with Gasteiger partial charge in [-0.1, -0.05) is 25.3 Å². The summed E-state index contributed by atoms with van der Waals surface area (Å²) in [6, 6.07) is 11.5. The lowest BCUT2D eigenvalue weighted by atomic mass is 10.0. The summed E-state index contributed by atoms with van der Waals surface area (Å²) in [5.41, 5.74) is 2.84. The second-order valence-corrected chi connectivity index (χ2v) is 6.45. The van der Waals surface area contributed by atoms with Gasteiger partial charge in [-0.05, 0) is 50.2 Å². The lowest BCUT2D eigenvalue weighted by molar-refractivity contribution is 0.237. The van der Waals surface area contributed by atoms with Crippen LogP contribution < -0.4 is 4.74 Å². The predicted octanol–water partition coefficient (Wildman–Crippen LogP) is 4.23. The molecule has 1 aromatic carbocycles. The van der Waals surface area contributed by atoms with Crippen molar-refractivity contribution in [3.63, 3.8) is 0 Å². The first kappa shape index (κ1) is 16.8. The molecule has 1 saturated heterocycles. The minimum atomic E-state index is 0.365.